The zero-order valence-electron chi connectivity index (χ0n) is 16.7. The molecular formula is C21H18ClN7O. The van der Waals surface area contributed by atoms with E-state index in [0.29, 0.717) is 33.2 Å². The van der Waals surface area contributed by atoms with Crippen LogP contribution in [0.2, 0.25) is 5.02 Å². The normalized spacial score (nSPS) is 11.6. The zero-order valence-corrected chi connectivity index (χ0v) is 17.4. The van der Waals surface area contributed by atoms with Crippen LogP contribution in [0.1, 0.15) is 24.3 Å². The van der Waals surface area contributed by atoms with Crippen LogP contribution in [0.4, 0.5) is 0 Å². The molecule has 5 rings (SSSR count). The molecule has 1 aromatic carbocycles. The van der Waals surface area contributed by atoms with E-state index in [9.17, 15) is 4.79 Å². The molecule has 0 atom stereocenters. The minimum absolute atomic E-state index is 0.213. The summed E-state index contributed by atoms with van der Waals surface area (Å²) in [6, 6.07) is 9.48. The second-order valence-corrected chi connectivity index (χ2v) is 7.48. The van der Waals surface area contributed by atoms with Crippen LogP contribution in [0.25, 0.3) is 27.7 Å². The van der Waals surface area contributed by atoms with Gasteiger partial charge < -0.3 is 0 Å². The molecule has 150 valence electrons. The highest BCUT2D eigenvalue weighted by Crippen LogP contribution is 2.30. The zero-order chi connectivity index (χ0) is 21.0. The number of aryl methyl sites for hydroxylation is 3. The Labute approximate surface area is 176 Å². The van der Waals surface area contributed by atoms with Gasteiger partial charge in [-0.2, -0.15) is 5.10 Å². The third-order valence-electron chi connectivity index (χ3n) is 5.20. The lowest BCUT2D eigenvalue weighted by Crippen LogP contribution is -2.27. The van der Waals surface area contributed by atoms with Crippen LogP contribution in [-0.2, 0) is 6.42 Å². The maximum absolute atomic E-state index is 13.2. The molecule has 0 fully saturated rings. The summed E-state index contributed by atoms with van der Waals surface area (Å²) in [5, 5.41) is 14.0. The van der Waals surface area contributed by atoms with Gasteiger partial charge in [-0.3, -0.25) is 4.79 Å². The summed E-state index contributed by atoms with van der Waals surface area (Å²) >= 11 is 6.06. The molecule has 0 spiro atoms. The Morgan fingerprint density at radius 3 is 2.40 bits per heavy atom. The van der Waals surface area contributed by atoms with E-state index in [-0.39, 0.29) is 5.56 Å². The van der Waals surface area contributed by atoms with Gasteiger partial charge in [-0.25, -0.2) is 18.9 Å². The van der Waals surface area contributed by atoms with Crippen molar-refractivity contribution in [2.24, 2.45) is 0 Å². The highest BCUT2D eigenvalue weighted by molar-refractivity contribution is 6.30. The monoisotopic (exact) mass is 419 g/mol. The predicted octanol–water partition coefficient (Wildman–Crippen LogP) is 3.45. The van der Waals surface area contributed by atoms with Crippen molar-refractivity contribution in [1.29, 1.82) is 0 Å². The molecule has 0 radical (unpaired) electrons. The Balaban J connectivity index is 1.80. The summed E-state index contributed by atoms with van der Waals surface area (Å²) in [6.45, 7) is 5.66. The summed E-state index contributed by atoms with van der Waals surface area (Å²) in [5.74, 6) is 1.25. The van der Waals surface area contributed by atoms with E-state index >= 15 is 0 Å². The van der Waals surface area contributed by atoms with Gasteiger partial charge >= 0.3 is 0 Å². The van der Waals surface area contributed by atoms with Crippen molar-refractivity contribution in [1.82, 2.24) is 34.1 Å². The maximum Gasteiger partial charge on any atom is 0.280 e. The Kier molecular flexibility index (Phi) is 4.18. The largest absolute Gasteiger partial charge is 0.280 e. The molecule has 0 amide bonds. The van der Waals surface area contributed by atoms with Crippen molar-refractivity contribution in [2.75, 3.05) is 0 Å². The van der Waals surface area contributed by atoms with Gasteiger partial charge in [-0.15, -0.1) is 10.2 Å². The minimum Gasteiger partial charge on any atom is -0.267 e. The van der Waals surface area contributed by atoms with Crippen molar-refractivity contribution >= 4 is 28.2 Å². The van der Waals surface area contributed by atoms with Gasteiger partial charge in [0.25, 0.3) is 5.56 Å². The molecule has 0 bridgehead atoms. The number of halogens is 1. The molecule has 4 heterocycles. The number of pyridine rings is 1. The van der Waals surface area contributed by atoms with E-state index in [1.54, 1.807) is 35.4 Å². The molecule has 0 aliphatic carbocycles. The molecule has 0 N–H and O–H groups in total. The van der Waals surface area contributed by atoms with Gasteiger partial charge in [0.05, 0.1) is 16.6 Å². The quantitative estimate of drug-likeness (QED) is 0.447. The number of hydrogen-bond acceptors (Lipinski definition) is 5. The molecule has 0 aliphatic heterocycles. The van der Waals surface area contributed by atoms with Crippen molar-refractivity contribution < 1.29 is 0 Å². The summed E-state index contributed by atoms with van der Waals surface area (Å²) in [6.07, 6.45) is 4.06. The fourth-order valence-corrected chi connectivity index (χ4v) is 3.92. The first kappa shape index (κ1) is 18.5. The van der Waals surface area contributed by atoms with Crippen LogP contribution in [0.15, 0.2) is 47.5 Å². The topological polar surface area (TPSA) is 82.9 Å². The maximum atomic E-state index is 13.2. The Morgan fingerprint density at radius 1 is 1.03 bits per heavy atom. The summed E-state index contributed by atoms with van der Waals surface area (Å²) in [4.78, 5) is 17.9. The fourth-order valence-electron chi connectivity index (χ4n) is 3.80. The predicted molar refractivity (Wildman–Crippen MR) is 115 cm³/mol. The number of fused-ring (bicyclic) bond motifs is 3. The Bertz CT molecular complexity index is 1460. The molecule has 0 saturated carbocycles. The second kappa shape index (κ2) is 6.77. The van der Waals surface area contributed by atoms with Crippen LogP contribution < -0.4 is 5.56 Å². The van der Waals surface area contributed by atoms with Crippen LogP contribution in [-0.4, -0.2) is 34.1 Å². The molecule has 8 nitrogen and oxygen atoms in total. The molecule has 0 unspecified atom stereocenters. The smallest absolute Gasteiger partial charge is 0.267 e. The van der Waals surface area contributed by atoms with Crippen molar-refractivity contribution in [3.63, 3.8) is 0 Å². The summed E-state index contributed by atoms with van der Waals surface area (Å²) in [7, 11) is 0. The molecule has 0 saturated heterocycles. The number of hydrogen-bond donors (Lipinski definition) is 0. The number of aromatic nitrogens is 7. The minimum atomic E-state index is -0.213. The van der Waals surface area contributed by atoms with Crippen molar-refractivity contribution in [3.05, 3.63) is 75.4 Å². The molecule has 5 aromatic rings. The van der Waals surface area contributed by atoms with Gasteiger partial charge in [-0.05, 0) is 44.0 Å². The third-order valence-corrected chi connectivity index (χ3v) is 5.45. The van der Waals surface area contributed by atoms with E-state index in [1.165, 1.54) is 4.68 Å². The van der Waals surface area contributed by atoms with Crippen molar-refractivity contribution in [2.45, 2.75) is 27.2 Å². The standard InChI is InChI=1S/C21H18ClN7O/c1-4-17-19(14-5-7-15(22)8-6-14)20-23-11-16-18(28(20)26-17)9-10-27(21(16)30)29-12(2)24-25-13(29)3/h5-11H,4H2,1-3H3. The SMILES string of the molecule is CCc1nn2c(ncc3c(=O)n(-n4c(C)nnc4C)ccc32)c1-c1ccc(Cl)cc1. The lowest BCUT2D eigenvalue weighted by molar-refractivity contribution is 0.594. The highest BCUT2D eigenvalue weighted by atomic mass is 35.5. The van der Waals surface area contributed by atoms with E-state index < -0.39 is 0 Å². The second-order valence-electron chi connectivity index (χ2n) is 7.05. The van der Waals surface area contributed by atoms with Crippen LogP contribution in [0.3, 0.4) is 0 Å². The first-order valence-electron chi connectivity index (χ1n) is 9.56. The highest BCUT2D eigenvalue weighted by Gasteiger charge is 2.18. The van der Waals surface area contributed by atoms with Gasteiger partial charge in [0.2, 0.25) is 0 Å². The third kappa shape index (κ3) is 2.64. The first-order chi connectivity index (χ1) is 14.5. The number of benzene rings is 1. The Morgan fingerprint density at radius 2 is 1.73 bits per heavy atom. The average molecular weight is 420 g/mol. The first-order valence-corrected chi connectivity index (χ1v) is 9.94. The van der Waals surface area contributed by atoms with Crippen molar-refractivity contribution in [3.8, 4) is 11.1 Å². The molecular weight excluding hydrogens is 402 g/mol. The fraction of sp³-hybridized carbons (Fsp3) is 0.190. The van der Waals surface area contributed by atoms with Crippen LogP contribution in [0.5, 0.6) is 0 Å². The average Bonchev–Trinajstić information content (AvgIpc) is 3.29. The van der Waals surface area contributed by atoms with Gasteiger partial charge in [0, 0.05) is 23.0 Å². The van der Waals surface area contributed by atoms with E-state index in [0.717, 1.165) is 23.2 Å². The molecule has 0 aliphatic rings. The summed E-state index contributed by atoms with van der Waals surface area (Å²) < 4.78 is 4.91. The lowest BCUT2D eigenvalue weighted by atomic mass is 10.0. The number of rotatable bonds is 3. The van der Waals surface area contributed by atoms with Crippen LogP contribution >= 0.6 is 11.6 Å². The molecule has 30 heavy (non-hydrogen) atoms. The number of nitrogens with zero attached hydrogens (tertiary/aromatic N) is 7. The van der Waals surface area contributed by atoms with Gasteiger partial charge in [0.1, 0.15) is 11.6 Å². The van der Waals surface area contributed by atoms with Crippen LogP contribution in [0, 0.1) is 13.8 Å². The lowest BCUT2D eigenvalue weighted by Gasteiger charge is -2.11. The van der Waals surface area contributed by atoms with E-state index in [4.69, 9.17) is 16.7 Å². The summed E-state index contributed by atoms with van der Waals surface area (Å²) in [5.41, 5.74) is 4.03. The van der Waals surface area contributed by atoms with E-state index in [1.807, 2.05) is 37.3 Å². The molecule has 4 aromatic heterocycles. The molecule has 9 heteroatoms. The van der Waals surface area contributed by atoms with Gasteiger partial charge in [0.15, 0.2) is 5.65 Å². The van der Waals surface area contributed by atoms with E-state index in [2.05, 4.69) is 15.2 Å². The van der Waals surface area contributed by atoms with Gasteiger partial charge in [-0.1, -0.05) is 30.7 Å². The Hall–Kier alpha value is -3.52.